The molecule has 0 bridgehead atoms. The van der Waals surface area contributed by atoms with Crippen molar-refractivity contribution in [3.8, 4) is 0 Å². The Labute approximate surface area is 102 Å². The minimum absolute atomic E-state index is 0.00605. The van der Waals surface area contributed by atoms with Crippen molar-refractivity contribution in [2.45, 2.75) is 10.1 Å². The molecule has 0 aliphatic heterocycles. The normalized spacial score (nSPS) is 11.4. The highest BCUT2D eigenvalue weighted by Gasteiger charge is 2.04. The maximum Gasteiger partial charge on any atom is 0.188 e. The highest BCUT2D eigenvalue weighted by molar-refractivity contribution is 7.99. The molecule has 3 N–H and O–H groups in total. The van der Waals surface area contributed by atoms with E-state index < -0.39 is 0 Å². The van der Waals surface area contributed by atoms with Crippen molar-refractivity contribution in [2.24, 2.45) is 10.9 Å². The van der Waals surface area contributed by atoms with Gasteiger partial charge in [0.05, 0.1) is 0 Å². The number of amidine groups is 1. The van der Waals surface area contributed by atoms with Crippen LogP contribution in [-0.2, 0) is 0 Å². The van der Waals surface area contributed by atoms with Gasteiger partial charge in [0.25, 0.3) is 0 Å². The Kier molecular flexibility index (Phi) is 3.56. The van der Waals surface area contributed by atoms with E-state index in [0.717, 1.165) is 10.1 Å². The van der Waals surface area contributed by atoms with Crippen LogP contribution in [0.15, 0.2) is 57.8 Å². The molecule has 0 saturated heterocycles. The van der Waals surface area contributed by atoms with Gasteiger partial charge in [-0.2, -0.15) is 0 Å². The Balaban J connectivity index is 2.23. The number of aromatic nitrogens is 2. The standard InChI is InChI=1S/C11H10N4OS/c12-11(15-16)8-4-3-6-10(14-8)17-9-5-1-2-7-13-9/h1-7,16H,(H2,12,15). The van der Waals surface area contributed by atoms with E-state index in [9.17, 15) is 0 Å². The van der Waals surface area contributed by atoms with Crippen molar-refractivity contribution < 1.29 is 5.21 Å². The second kappa shape index (κ2) is 5.31. The minimum Gasteiger partial charge on any atom is -0.409 e. The van der Waals surface area contributed by atoms with Crippen LogP contribution in [-0.4, -0.2) is 21.0 Å². The smallest absolute Gasteiger partial charge is 0.188 e. The number of pyridine rings is 2. The fourth-order valence-corrected chi connectivity index (χ4v) is 1.95. The lowest BCUT2D eigenvalue weighted by Gasteiger charge is -2.02. The lowest BCUT2D eigenvalue weighted by atomic mass is 10.3. The summed E-state index contributed by atoms with van der Waals surface area (Å²) in [7, 11) is 0. The van der Waals surface area contributed by atoms with Gasteiger partial charge < -0.3 is 10.9 Å². The van der Waals surface area contributed by atoms with Crippen LogP contribution in [0.4, 0.5) is 0 Å². The monoisotopic (exact) mass is 246 g/mol. The molecule has 17 heavy (non-hydrogen) atoms. The van der Waals surface area contributed by atoms with E-state index in [2.05, 4.69) is 15.1 Å². The number of rotatable bonds is 3. The molecule has 0 saturated carbocycles. The van der Waals surface area contributed by atoms with E-state index >= 15 is 0 Å². The van der Waals surface area contributed by atoms with Crippen molar-refractivity contribution in [3.05, 3.63) is 48.3 Å². The number of nitrogens with zero attached hydrogens (tertiary/aromatic N) is 3. The molecule has 0 unspecified atom stereocenters. The van der Waals surface area contributed by atoms with Gasteiger partial charge in [0.2, 0.25) is 0 Å². The maximum absolute atomic E-state index is 8.57. The Morgan fingerprint density at radius 1 is 1.18 bits per heavy atom. The highest BCUT2D eigenvalue weighted by Crippen LogP contribution is 2.23. The number of hydrogen-bond donors (Lipinski definition) is 2. The quantitative estimate of drug-likeness (QED) is 0.373. The number of hydrogen-bond acceptors (Lipinski definition) is 5. The van der Waals surface area contributed by atoms with Crippen LogP contribution in [0, 0.1) is 0 Å². The van der Waals surface area contributed by atoms with E-state index in [4.69, 9.17) is 10.9 Å². The van der Waals surface area contributed by atoms with Gasteiger partial charge in [-0.15, -0.1) is 0 Å². The summed E-state index contributed by atoms with van der Waals surface area (Å²) in [4.78, 5) is 8.43. The molecule has 6 heteroatoms. The first kappa shape index (κ1) is 11.4. The molecule has 0 aliphatic carbocycles. The largest absolute Gasteiger partial charge is 0.409 e. The molecular formula is C11H10N4OS. The Morgan fingerprint density at radius 2 is 2.00 bits per heavy atom. The van der Waals surface area contributed by atoms with Crippen molar-refractivity contribution in [1.82, 2.24) is 9.97 Å². The van der Waals surface area contributed by atoms with E-state index in [-0.39, 0.29) is 5.84 Å². The molecule has 0 atom stereocenters. The van der Waals surface area contributed by atoms with E-state index in [1.54, 1.807) is 18.3 Å². The summed E-state index contributed by atoms with van der Waals surface area (Å²) in [6.07, 6.45) is 1.72. The molecule has 2 aromatic heterocycles. The third-order valence-electron chi connectivity index (χ3n) is 1.94. The van der Waals surface area contributed by atoms with Gasteiger partial charge in [-0.1, -0.05) is 29.1 Å². The average molecular weight is 246 g/mol. The first-order valence-corrected chi connectivity index (χ1v) is 5.65. The predicted octanol–water partition coefficient (Wildman–Crippen LogP) is 1.72. The second-order valence-corrected chi connectivity index (χ2v) is 4.16. The summed E-state index contributed by atoms with van der Waals surface area (Å²) in [5, 5.41) is 13.1. The van der Waals surface area contributed by atoms with E-state index in [1.807, 2.05) is 24.3 Å². The fourth-order valence-electron chi connectivity index (χ4n) is 1.18. The summed E-state index contributed by atoms with van der Waals surface area (Å²) in [5.41, 5.74) is 5.91. The van der Waals surface area contributed by atoms with Gasteiger partial charge >= 0.3 is 0 Å². The molecule has 0 amide bonds. The number of oxime groups is 1. The molecular weight excluding hydrogens is 236 g/mol. The zero-order valence-corrected chi connectivity index (χ0v) is 9.63. The highest BCUT2D eigenvalue weighted by atomic mass is 32.2. The maximum atomic E-state index is 8.57. The fraction of sp³-hybridized carbons (Fsp3) is 0. The summed E-state index contributed by atoms with van der Waals surface area (Å²) in [6, 6.07) is 11.0. The molecule has 0 spiro atoms. The van der Waals surface area contributed by atoms with Crippen molar-refractivity contribution >= 4 is 17.6 Å². The molecule has 2 heterocycles. The van der Waals surface area contributed by atoms with Crippen molar-refractivity contribution in [1.29, 1.82) is 0 Å². The zero-order chi connectivity index (χ0) is 12.1. The molecule has 5 nitrogen and oxygen atoms in total. The van der Waals surface area contributed by atoms with Gasteiger partial charge in [-0.3, -0.25) is 0 Å². The molecule has 2 aromatic rings. The Morgan fingerprint density at radius 3 is 2.71 bits per heavy atom. The molecule has 0 aliphatic rings. The first-order valence-electron chi connectivity index (χ1n) is 4.83. The van der Waals surface area contributed by atoms with Crippen LogP contribution >= 0.6 is 11.8 Å². The molecule has 2 rings (SSSR count). The van der Waals surface area contributed by atoms with Crippen LogP contribution in [0.3, 0.4) is 0 Å². The molecule has 86 valence electrons. The van der Waals surface area contributed by atoms with Gasteiger partial charge in [0, 0.05) is 6.20 Å². The lowest BCUT2D eigenvalue weighted by Crippen LogP contribution is -2.14. The SMILES string of the molecule is NC(=NO)c1cccc(Sc2ccccn2)n1. The lowest BCUT2D eigenvalue weighted by molar-refractivity contribution is 0.318. The van der Waals surface area contributed by atoms with Gasteiger partial charge in [0.1, 0.15) is 15.7 Å². The van der Waals surface area contributed by atoms with Gasteiger partial charge in [0.15, 0.2) is 5.84 Å². The van der Waals surface area contributed by atoms with Crippen LogP contribution in [0.1, 0.15) is 5.69 Å². The van der Waals surface area contributed by atoms with Crippen molar-refractivity contribution in [2.75, 3.05) is 0 Å². The van der Waals surface area contributed by atoms with Crippen LogP contribution in [0.25, 0.3) is 0 Å². The van der Waals surface area contributed by atoms with Gasteiger partial charge in [-0.25, -0.2) is 9.97 Å². The first-order chi connectivity index (χ1) is 8.29. The Hall–Kier alpha value is -2.08. The van der Waals surface area contributed by atoms with Crippen LogP contribution in [0.5, 0.6) is 0 Å². The summed E-state index contributed by atoms with van der Waals surface area (Å²) in [5.74, 6) is -0.00605. The van der Waals surface area contributed by atoms with Crippen LogP contribution < -0.4 is 5.73 Å². The van der Waals surface area contributed by atoms with E-state index in [0.29, 0.717) is 5.69 Å². The predicted molar refractivity (Wildman–Crippen MR) is 65.1 cm³/mol. The molecule has 0 aromatic carbocycles. The summed E-state index contributed by atoms with van der Waals surface area (Å²) < 4.78 is 0. The zero-order valence-electron chi connectivity index (χ0n) is 8.82. The molecule has 0 radical (unpaired) electrons. The van der Waals surface area contributed by atoms with Crippen LogP contribution in [0.2, 0.25) is 0 Å². The minimum atomic E-state index is -0.00605. The third-order valence-corrected chi connectivity index (χ3v) is 2.83. The van der Waals surface area contributed by atoms with E-state index in [1.165, 1.54) is 11.8 Å². The van der Waals surface area contributed by atoms with Gasteiger partial charge in [-0.05, 0) is 24.3 Å². The second-order valence-electron chi connectivity index (χ2n) is 3.12. The number of nitrogens with two attached hydrogens (primary N) is 1. The topological polar surface area (TPSA) is 84.4 Å². The summed E-state index contributed by atoms with van der Waals surface area (Å²) >= 11 is 1.42. The molecule has 0 fully saturated rings. The summed E-state index contributed by atoms with van der Waals surface area (Å²) in [6.45, 7) is 0. The third kappa shape index (κ3) is 2.94. The Bertz CT molecular complexity index is 530. The average Bonchev–Trinajstić information content (AvgIpc) is 2.39. The van der Waals surface area contributed by atoms with Crippen molar-refractivity contribution in [3.63, 3.8) is 0 Å².